The quantitative estimate of drug-likeness (QED) is 0.115. The second-order valence-corrected chi connectivity index (χ2v) is 20.6. The zero-order valence-corrected chi connectivity index (χ0v) is 35.0. The fourth-order valence-electron chi connectivity index (χ4n) is 10.9. The molecule has 0 bridgehead atoms. The molecule has 9 aromatic rings. The van der Waals surface area contributed by atoms with Crippen LogP contribution in [0.4, 0.5) is 17.1 Å². The molecule has 0 fully saturated rings. The van der Waals surface area contributed by atoms with E-state index in [1.54, 1.807) is 0 Å². The molecule has 0 saturated carbocycles. The van der Waals surface area contributed by atoms with Crippen molar-refractivity contribution in [3.63, 3.8) is 0 Å². The van der Waals surface area contributed by atoms with Gasteiger partial charge in [0, 0.05) is 11.1 Å². The van der Waals surface area contributed by atoms with Crippen LogP contribution in [0.5, 0.6) is 0 Å². The summed E-state index contributed by atoms with van der Waals surface area (Å²) in [6.07, 6.45) is 0. The van der Waals surface area contributed by atoms with Gasteiger partial charge in [-0.2, -0.15) is 0 Å². The van der Waals surface area contributed by atoms with Crippen molar-refractivity contribution in [2.75, 3.05) is 4.90 Å². The molecule has 0 saturated heterocycles. The molecule has 11 rings (SSSR count). The minimum atomic E-state index is -2.73. The standard InChI is InChI=1S/C58H45NSi/c1-57(2)53-33-19-20-34-55(53)59(44-21-7-3-8-22-44)56-40-37-43(41-54(56)57)58(51-31-17-15-29-49(51)50-30-16-18-32-52(50)58)42-35-38-48(39-36-42)60(45-23-9-4-10-24-45,46-25-11-5-12-26-46)47-27-13-6-14-28-47/h3-41H,1-2H3. The molecular weight excluding hydrogens is 739 g/mol. The molecule has 1 aliphatic heterocycles. The van der Waals surface area contributed by atoms with E-state index < -0.39 is 13.5 Å². The summed E-state index contributed by atoms with van der Waals surface area (Å²) in [4.78, 5) is 2.46. The molecule has 0 amide bonds. The van der Waals surface area contributed by atoms with E-state index in [-0.39, 0.29) is 5.41 Å². The Labute approximate surface area is 354 Å². The number of hydrogen-bond acceptors (Lipinski definition) is 1. The summed E-state index contributed by atoms with van der Waals surface area (Å²) in [5.41, 5.74) is 13.3. The normalized spacial score (nSPS) is 14.4. The summed E-state index contributed by atoms with van der Waals surface area (Å²) in [5.74, 6) is 0. The smallest absolute Gasteiger partial charge is 0.179 e. The lowest BCUT2D eigenvalue weighted by Crippen LogP contribution is -2.74. The molecule has 2 heteroatoms. The van der Waals surface area contributed by atoms with Crippen LogP contribution in [-0.2, 0) is 10.8 Å². The van der Waals surface area contributed by atoms with Gasteiger partial charge in [0.05, 0.1) is 16.8 Å². The maximum Gasteiger partial charge on any atom is 0.179 e. The summed E-state index contributed by atoms with van der Waals surface area (Å²) in [6, 6.07) is 88.9. The summed E-state index contributed by atoms with van der Waals surface area (Å²) >= 11 is 0. The first-order chi connectivity index (χ1) is 29.5. The minimum absolute atomic E-state index is 0.248. The molecule has 0 atom stereocenters. The zero-order chi connectivity index (χ0) is 40.3. The van der Waals surface area contributed by atoms with Gasteiger partial charge in [0.2, 0.25) is 0 Å². The van der Waals surface area contributed by atoms with Gasteiger partial charge >= 0.3 is 0 Å². The third-order valence-corrected chi connectivity index (χ3v) is 18.3. The average molecular weight is 784 g/mol. The third kappa shape index (κ3) is 5.17. The van der Waals surface area contributed by atoms with Crippen LogP contribution in [0, 0.1) is 0 Å². The molecular formula is C58H45NSi. The molecule has 0 spiro atoms. The Bertz CT molecular complexity index is 2850. The Morgan fingerprint density at radius 2 is 0.733 bits per heavy atom. The van der Waals surface area contributed by atoms with Crippen LogP contribution < -0.4 is 25.6 Å². The van der Waals surface area contributed by atoms with Gasteiger partial charge in [-0.1, -0.05) is 226 Å². The van der Waals surface area contributed by atoms with E-state index in [4.69, 9.17) is 0 Å². The van der Waals surface area contributed by atoms with Crippen molar-refractivity contribution in [2.24, 2.45) is 0 Å². The van der Waals surface area contributed by atoms with E-state index in [1.807, 2.05) is 0 Å². The van der Waals surface area contributed by atoms with Crippen molar-refractivity contribution in [1.82, 2.24) is 0 Å². The van der Waals surface area contributed by atoms with Crippen LogP contribution in [-0.4, -0.2) is 8.07 Å². The molecule has 0 radical (unpaired) electrons. The van der Waals surface area contributed by atoms with Gasteiger partial charge in [-0.3, -0.25) is 0 Å². The molecule has 0 aromatic heterocycles. The van der Waals surface area contributed by atoms with Crippen LogP contribution >= 0.6 is 0 Å². The highest BCUT2D eigenvalue weighted by atomic mass is 28.3. The minimum Gasteiger partial charge on any atom is -0.310 e. The van der Waals surface area contributed by atoms with Gasteiger partial charge in [-0.15, -0.1) is 0 Å². The maximum absolute atomic E-state index is 2.73. The van der Waals surface area contributed by atoms with Gasteiger partial charge in [-0.25, -0.2) is 0 Å². The van der Waals surface area contributed by atoms with E-state index in [9.17, 15) is 0 Å². The second-order valence-electron chi connectivity index (χ2n) is 16.8. The number of anilines is 3. The zero-order valence-electron chi connectivity index (χ0n) is 34.0. The van der Waals surface area contributed by atoms with Gasteiger partial charge in [0.1, 0.15) is 0 Å². The molecule has 2 aliphatic rings. The lowest BCUT2D eigenvalue weighted by Gasteiger charge is -2.43. The number of hydrogen-bond donors (Lipinski definition) is 0. The van der Waals surface area contributed by atoms with Crippen LogP contribution in [0.2, 0.25) is 0 Å². The number of benzene rings is 9. The highest BCUT2D eigenvalue weighted by molar-refractivity contribution is 7.19. The molecule has 1 aliphatic carbocycles. The maximum atomic E-state index is 2.55. The predicted octanol–water partition coefficient (Wildman–Crippen LogP) is 11.5. The van der Waals surface area contributed by atoms with Gasteiger partial charge in [0.15, 0.2) is 8.07 Å². The fourth-order valence-corrected chi connectivity index (χ4v) is 15.6. The number of para-hydroxylation sites is 2. The van der Waals surface area contributed by atoms with Crippen LogP contribution in [0.1, 0.15) is 47.2 Å². The molecule has 1 nitrogen and oxygen atoms in total. The Hall–Kier alpha value is -7.00. The van der Waals surface area contributed by atoms with Crippen molar-refractivity contribution >= 4 is 45.9 Å². The molecule has 9 aromatic carbocycles. The topological polar surface area (TPSA) is 3.24 Å². The van der Waals surface area contributed by atoms with E-state index in [0.29, 0.717) is 0 Å². The van der Waals surface area contributed by atoms with Crippen molar-refractivity contribution in [3.05, 3.63) is 270 Å². The van der Waals surface area contributed by atoms with Crippen LogP contribution in [0.3, 0.4) is 0 Å². The van der Waals surface area contributed by atoms with E-state index >= 15 is 0 Å². The first kappa shape index (κ1) is 36.1. The van der Waals surface area contributed by atoms with E-state index in [1.165, 1.54) is 82.3 Å². The van der Waals surface area contributed by atoms with Crippen molar-refractivity contribution in [2.45, 2.75) is 24.7 Å². The summed E-state index contributed by atoms with van der Waals surface area (Å²) in [5, 5.41) is 5.50. The van der Waals surface area contributed by atoms with Crippen LogP contribution in [0.15, 0.2) is 237 Å². The monoisotopic (exact) mass is 783 g/mol. The Morgan fingerprint density at radius 1 is 0.333 bits per heavy atom. The third-order valence-electron chi connectivity index (χ3n) is 13.5. The highest BCUT2D eigenvalue weighted by Crippen LogP contribution is 2.58. The lowest BCUT2D eigenvalue weighted by molar-refractivity contribution is 0.627. The SMILES string of the molecule is CC1(C)c2ccccc2N(c2ccccc2)c2ccc(C3(c4ccc([Si](c5ccccc5)(c5ccccc5)c5ccccc5)cc4)c4ccccc4-c4ccccc43)cc21. The molecule has 0 unspecified atom stereocenters. The molecule has 1 heterocycles. The predicted molar refractivity (Wildman–Crippen MR) is 254 cm³/mol. The largest absolute Gasteiger partial charge is 0.310 e. The first-order valence-electron chi connectivity index (χ1n) is 21.1. The Balaban J connectivity index is 1.18. The molecule has 60 heavy (non-hydrogen) atoms. The van der Waals surface area contributed by atoms with E-state index in [0.717, 1.165) is 0 Å². The Morgan fingerprint density at radius 3 is 1.27 bits per heavy atom. The van der Waals surface area contributed by atoms with Gasteiger partial charge in [-0.05, 0) is 89.5 Å². The average Bonchev–Trinajstić information content (AvgIpc) is 3.62. The highest BCUT2D eigenvalue weighted by Gasteiger charge is 2.48. The summed E-state index contributed by atoms with van der Waals surface area (Å²) in [6.45, 7) is 4.80. The van der Waals surface area contributed by atoms with Crippen molar-refractivity contribution in [3.8, 4) is 11.1 Å². The summed E-state index contributed by atoms with van der Waals surface area (Å²) in [7, 11) is -2.73. The van der Waals surface area contributed by atoms with Crippen molar-refractivity contribution in [1.29, 1.82) is 0 Å². The van der Waals surface area contributed by atoms with Crippen molar-refractivity contribution < 1.29 is 0 Å². The number of nitrogens with zero attached hydrogens (tertiary/aromatic N) is 1. The summed E-state index contributed by atoms with van der Waals surface area (Å²) < 4.78 is 0. The van der Waals surface area contributed by atoms with Crippen LogP contribution in [0.25, 0.3) is 11.1 Å². The van der Waals surface area contributed by atoms with Gasteiger partial charge < -0.3 is 4.90 Å². The fraction of sp³-hybridized carbons (Fsp3) is 0.0690. The molecule has 286 valence electrons. The van der Waals surface area contributed by atoms with E-state index in [2.05, 4.69) is 255 Å². The van der Waals surface area contributed by atoms with Gasteiger partial charge in [0.25, 0.3) is 0 Å². The number of fused-ring (bicyclic) bond motifs is 5. The second kappa shape index (κ2) is 14.1. The Kier molecular flexibility index (Phi) is 8.47. The lowest BCUT2D eigenvalue weighted by atomic mass is 9.65. The first-order valence-corrected chi connectivity index (χ1v) is 23.1. The molecule has 0 N–H and O–H groups in total. The number of rotatable bonds is 7.